The van der Waals surface area contributed by atoms with Crippen molar-refractivity contribution < 1.29 is 8.42 Å². The van der Waals surface area contributed by atoms with Crippen LogP contribution in [0.5, 0.6) is 0 Å². The maximum absolute atomic E-state index is 12.4. The highest BCUT2D eigenvalue weighted by atomic mass is 79.9. The van der Waals surface area contributed by atoms with E-state index in [0.29, 0.717) is 21.8 Å². The predicted molar refractivity (Wildman–Crippen MR) is 83.0 cm³/mol. The van der Waals surface area contributed by atoms with Gasteiger partial charge in [0.2, 0.25) is 10.0 Å². The fraction of sp³-hybridized carbons (Fsp3) is 0.600. The van der Waals surface area contributed by atoms with Gasteiger partial charge in [0.25, 0.3) is 0 Å². The van der Waals surface area contributed by atoms with E-state index in [2.05, 4.69) is 20.7 Å². The zero-order valence-electron chi connectivity index (χ0n) is 11.6. The van der Waals surface area contributed by atoms with Gasteiger partial charge in [-0.15, -0.1) is 0 Å². The average molecular weight is 358 g/mol. The van der Waals surface area contributed by atoms with Gasteiger partial charge in [0.15, 0.2) is 0 Å². The number of benzene rings is 1. The summed E-state index contributed by atoms with van der Waals surface area (Å²) < 4.78 is 28.2. The molecular weight excluding hydrogens is 338 g/mol. The fourth-order valence-electron chi connectivity index (χ4n) is 3.74. The molecule has 2 fully saturated rings. The molecule has 110 valence electrons. The molecule has 3 rings (SSSR count). The Morgan fingerprint density at radius 1 is 1.30 bits per heavy atom. The van der Waals surface area contributed by atoms with Crippen LogP contribution in [0.2, 0.25) is 0 Å². The highest BCUT2D eigenvalue weighted by Crippen LogP contribution is 2.48. The summed E-state index contributed by atoms with van der Waals surface area (Å²) in [5.74, 6) is 2.12. The van der Waals surface area contributed by atoms with Crippen LogP contribution in [0.3, 0.4) is 0 Å². The number of hydrogen-bond acceptors (Lipinski definition) is 2. The SMILES string of the molecule is Cc1ccc(S(=O)(=O)NCC2CC3CCC2C3)c(Br)c1. The van der Waals surface area contributed by atoms with E-state index in [1.165, 1.54) is 25.7 Å². The molecule has 3 nitrogen and oxygen atoms in total. The van der Waals surface area contributed by atoms with Crippen molar-refractivity contribution >= 4 is 26.0 Å². The molecule has 3 atom stereocenters. The van der Waals surface area contributed by atoms with Crippen LogP contribution in [0.25, 0.3) is 0 Å². The zero-order chi connectivity index (χ0) is 14.3. The summed E-state index contributed by atoms with van der Waals surface area (Å²) in [4.78, 5) is 0.339. The molecule has 3 unspecified atom stereocenters. The van der Waals surface area contributed by atoms with E-state index in [0.717, 1.165) is 17.4 Å². The number of nitrogens with one attached hydrogen (secondary N) is 1. The third-order valence-corrected chi connectivity index (χ3v) is 7.20. The summed E-state index contributed by atoms with van der Waals surface area (Å²) in [6.07, 6.45) is 5.13. The van der Waals surface area contributed by atoms with E-state index in [-0.39, 0.29) is 0 Å². The quantitative estimate of drug-likeness (QED) is 0.896. The number of halogens is 1. The van der Waals surface area contributed by atoms with E-state index in [9.17, 15) is 8.42 Å². The average Bonchev–Trinajstić information content (AvgIpc) is 2.98. The maximum atomic E-state index is 12.4. The molecule has 1 aromatic carbocycles. The minimum atomic E-state index is -3.41. The summed E-state index contributed by atoms with van der Waals surface area (Å²) in [5, 5.41) is 0. The smallest absolute Gasteiger partial charge is 0.211 e. The lowest BCUT2D eigenvalue weighted by atomic mass is 9.89. The normalized spacial score (nSPS) is 29.0. The summed E-state index contributed by atoms with van der Waals surface area (Å²) in [5.41, 5.74) is 1.05. The van der Waals surface area contributed by atoms with Gasteiger partial charge in [-0.25, -0.2) is 13.1 Å². The van der Waals surface area contributed by atoms with Crippen molar-refractivity contribution in [1.82, 2.24) is 4.72 Å². The van der Waals surface area contributed by atoms with E-state index in [4.69, 9.17) is 0 Å². The summed E-state index contributed by atoms with van der Waals surface area (Å²) in [7, 11) is -3.41. The summed E-state index contributed by atoms with van der Waals surface area (Å²) in [6, 6.07) is 5.34. The van der Waals surface area contributed by atoms with Crippen LogP contribution in [-0.2, 0) is 10.0 Å². The highest BCUT2D eigenvalue weighted by molar-refractivity contribution is 9.10. The predicted octanol–water partition coefficient (Wildman–Crippen LogP) is 3.47. The van der Waals surface area contributed by atoms with Gasteiger partial charge in [0.1, 0.15) is 0 Å². The van der Waals surface area contributed by atoms with Crippen LogP contribution >= 0.6 is 15.9 Å². The van der Waals surface area contributed by atoms with E-state index in [1.807, 2.05) is 19.1 Å². The van der Waals surface area contributed by atoms with Crippen molar-refractivity contribution in [3.05, 3.63) is 28.2 Å². The van der Waals surface area contributed by atoms with Gasteiger partial charge in [-0.2, -0.15) is 0 Å². The third-order valence-electron chi connectivity index (χ3n) is 4.80. The van der Waals surface area contributed by atoms with Crippen LogP contribution in [-0.4, -0.2) is 15.0 Å². The highest BCUT2D eigenvalue weighted by Gasteiger charge is 2.39. The van der Waals surface area contributed by atoms with E-state index >= 15 is 0 Å². The molecule has 2 bridgehead atoms. The first kappa shape index (κ1) is 14.5. The molecule has 0 saturated heterocycles. The Bertz CT molecular complexity index is 614. The Morgan fingerprint density at radius 2 is 2.10 bits per heavy atom. The van der Waals surface area contributed by atoms with Gasteiger partial charge in [0, 0.05) is 11.0 Å². The molecule has 1 N–H and O–H groups in total. The Hall–Kier alpha value is -0.390. The molecule has 2 aliphatic carbocycles. The molecule has 0 amide bonds. The lowest BCUT2D eigenvalue weighted by molar-refractivity contribution is 0.333. The maximum Gasteiger partial charge on any atom is 0.241 e. The van der Waals surface area contributed by atoms with Crippen molar-refractivity contribution in [1.29, 1.82) is 0 Å². The molecular formula is C15H20BrNO2S. The monoisotopic (exact) mass is 357 g/mol. The van der Waals surface area contributed by atoms with E-state index < -0.39 is 10.0 Å². The van der Waals surface area contributed by atoms with Crippen LogP contribution in [0.15, 0.2) is 27.6 Å². The van der Waals surface area contributed by atoms with Gasteiger partial charge in [-0.3, -0.25) is 0 Å². The third kappa shape index (κ3) is 2.81. The van der Waals surface area contributed by atoms with Crippen molar-refractivity contribution in [2.75, 3.05) is 6.54 Å². The Morgan fingerprint density at radius 3 is 2.70 bits per heavy atom. The number of aryl methyl sites for hydroxylation is 1. The second-order valence-electron chi connectivity index (χ2n) is 6.22. The number of sulfonamides is 1. The lowest BCUT2D eigenvalue weighted by Crippen LogP contribution is -2.31. The topological polar surface area (TPSA) is 46.2 Å². The zero-order valence-corrected chi connectivity index (χ0v) is 14.0. The number of rotatable bonds is 4. The standard InChI is InChI=1S/C15H20BrNO2S/c1-10-2-5-15(14(16)6-10)20(18,19)17-9-13-8-11-3-4-12(13)7-11/h2,5-6,11-13,17H,3-4,7-9H2,1H3. The van der Waals surface area contributed by atoms with Crippen molar-refractivity contribution in [3.8, 4) is 0 Å². The van der Waals surface area contributed by atoms with E-state index in [1.54, 1.807) is 6.07 Å². The number of hydrogen-bond donors (Lipinski definition) is 1. The molecule has 0 aromatic heterocycles. The van der Waals surface area contributed by atoms with Gasteiger partial charge in [0.05, 0.1) is 4.90 Å². The minimum absolute atomic E-state index is 0.339. The van der Waals surface area contributed by atoms with Gasteiger partial charge in [-0.1, -0.05) is 12.5 Å². The van der Waals surface area contributed by atoms with Gasteiger partial charge < -0.3 is 0 Å². The first-order valence-electron chi connectivity index (χ1n) is 7.21. The Balaban J connectivity index is 1.69. The van der Waals surface area contributed by atoms with Crippen molar-refractivity contribution in [3.63, 3.8) is 0 Å². The van der Waals surface area contributed by atoms with Crippen molar-refractivity contribution in [2.45, 2.75) is 37.5 Å². The summed E-state index contributed by atoms with van der Waals surface area (Å²) in [6.45, 7) is 2.54. The largest absolute Gasteiger partial charge is 0.241 e. The molecule has 5 heteroatoms. The van der Waals surface area contributed by atoms with Crippen LogP contribution in [0.4, 0.5) is 0 Å². The van der Waals surface area contributed by atoms with Crippen LogP contribution in [0, 0.1) is 24.7 Å². The van der Waals surface area contributed by atoms with Crippen LogP contribution in [0.1, 0.15) is 31.2 Å². The molecule has 0 radical (unpaired) electrons. The molecule has 0 aliphatic heterocycles. The first-order chi connectivity index (χ1) is 9.45. The van der Waals surface area contributed by atoms with Crippen LogP contribution < -0.4 is 4.72 Å². The minimum Gasteiger partial charge on any atom is -0.211 e. The van der Waals surface area contributed by atoms with Gasteiger partial charge in [-0.05, 0) is 77.6 Å². The Kier molecular flexibility index (Phi) is 3.95. The van der Waals surface area contributed by atoms with Gasteiger partial charge >= 0.3 is 0 Å². The lowest BCUT2D eigenvalue weighted by Gasteiger charge is -2.22. The number of fused-ring (bicyclic) bond motifs is 2. The second kappa shape index (κ2) is 5.43. The first-order valence-corrected chi connectivity index (χ1v) is 9.49. The molecule has 2 aliphatic rings. The Labute approximate surface area is 129 Å². The molecule has 20 heavy (non-hydrogen) atoms. The molecule has 1 aromatic rings. The fourth-order valence-corrected chi connectivity index (χ4v) is 6.03. The molecule has 0 heterocycles. The molecule has 2 saturated carbocycles. The summed E-state index contributed by atoms with van der Waals surface area (Å²) >= 11 is 3.35. The second-order valence-corrected chi connectivity index (χ2v) is 8.81. The van der Waals surface area contributed by atoms with Crippen molar-refractivity contribution in [2.24, 2.45) is 17.8 Å². The molecule has 0 spiro atoms.